The first-order valence-electron chi connectivity index (χ1n) is 6.69. The van der Waals surface area contributed by atoms with Gasteiger partial charge in [-0.1, -0.05) is 0 Å². The number of anilines is 1. The number of rotatable bonds is 5. The highest BCUT2D eigenvalue weighted by Crippen LogP contribution is 2.25. The molecule has 7 heteroatoms. The number of halogens is 1. The molecule has 2 heterocycles. The van der Waals surface area contributed by atoms with Gasteiger partial charge in [-0.3, -0.25) is 9.59 Å². The first kappa shape index (κ1) is 15.6. The molecular formula is C14H16BrN3O3. The molecule has 0 spiro atoms. The second-order valence-corrected chi connectivity index (χ2v) is 5.54. The van der Waals surface area contributed by atoms with E-state index in [-0.39, 0.29) is 24.2 Å². The third kappa shape index (κ3) is 3.66. The smallest absolute Gasteiger partial charge is 0.305 e. The zero-order chi connectivity index (χ0) is 15.4. The van der Waals surface area contributed by atoms with Crippen LogP contribution in [-0.2, 0) is 14.3 Å². The summed E-state index contributed by atoms with van der Waals surface area (Å²) in [7, 11) is 0. The van der Waals surface area contributed by atoms with Gasteiger partial charge in [0.1, 0.15) is 0 Å². The van der Waals surface area contributed by atoms with Gasteiger partial charge in [0.25, 0.3) is 5.91 Å². The second-order valence-electron chi connectivity index (χ2n) is 4.62. The van der Waals surface area contributed by atoms with Crippen LogP contribution in [0.5, 0.6) is 0 Å². The van der Waals surface area contributed by atoms with Gasteiger partial charge in [0.15, 0.2) is 5.82 Å². The van der Waals surface area contributed by atoms with Gasteiger partial charge in [-0.25, -0.2) is 4.98 Å². The Morgan fingerprint density at radius 2 is 2.24 bits per heavy atom. The third-order valence-electron chi connectivity index (χ3n) is 3.14. The molecule has 1 amide bonds. The molecular weight excluding hydrogens is 338 g/mol. The van der Waals surface area contributed by atoms with Crippen LogP contribution in [0.4, 0.5) is 5.82 Å². The first-order chi connectivity index (χ1) is 10.0. The van der Waals surface area contributed by atoms with E-state index >= 15 is 0 Å². The maximum atomic E-state index is 12.4. The van der Waals surface area contributed by atoms with Crippen LogP contribution in [0.15, 0.2) is 27.9 Å². The van der Waals surface area contributed by atoms with E-state index in [2.05, 4.69) is 26.0 Å². The molecule has 0 saturated heterocycles. The Kier molecular flexibility index (Phi) is 5.06. The van der Waals surface area contributed by atoms with Gasteiger partial charge in [0, 0.05) is 22.8 Å². The van der Waals surface area contributed by atoms with Gasteiger partial charge in [-0.2, -0.15) is 10.1 Å². The van der Waals surface area contributed by atoms with Crippen LogP contribution in [0.3, 0.4) is 0 Å². The lowest BCUT2D eigenvalue weighted by Gasteiger charge is -2.13. The zero-order valence-corrected chi connectivity index (χ0v) is 13.5. The maximum Gasteiger partial charge on any atom is 0.305 e. The fourth-order valence-electron chi connectivity index (χ4n) is 2.09. The maximum absolute atomic E-state index is 12.4. The van der Waals surface area contributed by atoms with Crippen molar-refractivity contribution in [3.63, 3.8) is 0 Å². The molecule has 0 aromatic carbocycles. The summed E-state index contributed by atoms with van der Waals surface area (Å²) in [6.07, 6.45) is 2.22. The second kappa shape index (κ2) is 6.80. The van der Waals surface area contributed by atoms with Crippen LogP contribution in [-0.4, -0.2) is 29.2 Å². The Bertz CT molecular complexity index is 571. The highest BCUT2D eigenvalue weighted by atomic mass is 79.9. The number of hydrogen-bond acceptors (Lipinski definition) is 5. The summed E-state index contributed by atoms with van der Waals surface area (Å²) in [5.74, 6) is -0.369. The summed E-state index contributed by atoms with van der Waals surface area (Å²) in [4.78, 5) is 27.9. The normalized spacial score (nSPS) is 17.9. The van der Waals surface area contributed by atoms with Crippen LogP contribution in [0.25, 0.3) is 0 Å². The van der Waals surface area contributed by atoms with Crippen LogP contribution >= 0.6 is 15.9 Å². The van der Waals surface area contributed by atoms with Gasteiger partial charge in [0.05, 0.1) is 12.5 Å². The van der Waals surface area contributed by atoms with Crippen molar-refractivity contribution in [1.82, 2.24) is 4.98 Å². The van der Waals surface area contributed by atoms with Crippen molar-refractivity contribution in [3.05, 3.63) is 22.8 Å². The highest BCUT2D eigenvalue weighted by molar-refractivity contribution is 9.10. The molecule has 1 atom stereocenters. The van der Waals surface area contributed by atoms with E-state index in [9.17, 15) is 9.59 Å². The molecule has 0 N–H and O–H groups in total. The molecule has 1 aliphatic rings. The van der Waals surface area contributed by atoms with Gasteiger partial charge >= 0.3 is 5.97 Å². The number of carbonyl (C=O) groups excluding carboxylic acids is 2. The van der Waals surface area contributed by atoms with E-state index in [1.165, 1.54) is 5.01 Å². The van der Waals surface area contributed by atoms with Crippen molar-refractivity contribution in [2.75, 3.05) is 11.6 Å². The average molecular weight is 354 g/mol. The fraction of sp³-hybridized carbons (Fsp3) is 0.429. The lowest BCUT2D eigenvalue weighted by molar-refractivity contribution is -0.143. The molecule has 21 heavy (non-hydrogen) atoms. The molecule has 1 aromatic heterocycles. The number of nitrogens with zero attached hydrogens (tertiary/aromatic N) is 3. The number of pyridine rings is 1. The summed E-state index contributed by atoms with van der Waals surface area (Å²) in [5.41, 5.74) is 0.689. The van der Waals surface area contributed by atoms with Crippen molar-refractivity contribution in [1.29, 1.82) is 0 Å². The van der Waals surface area contributed by atoms with E-state index in [0.717, 1.165) is 4.47 Å². The minimum Gasteiger partial charge on any atom is -0.466 e. The largest absolute Gasteiger partial charge is 0.466 e. The predicted molar refractivity (Wildman–Crippen MR) is 81.9 cm³/mol. The average Bonchev–Trinajstić information content (AvgIpc) is 2.73. The van der Waals surface area contributed by atoms with Crippen LogP contribution < -0.4 is 5.01 Å². The van der Waals surface area contributed by atoms with Gasteiger partial charge in [-0.15, -0.1) is 0 Å². The Morgan fingerprint density at radius 3 is 2.86 bits per heavy atom. The molecule has 0 aliphatic carbocycles. The monoisotopic (exact) mass is 353 g/mol. The minimum atomic E-state index is -0.389. The summed E-state index contributed by atoms with van der Waals surface area (Å²) in [6.45, 7) is 3.89. The predicted octanol–water partition coefficient (Wildman–Crippen LogP) is 2.53. The van der Waals surface area contributed by atoms with E-state index < -0.39 is 0 Å². The van der Waals surface area contributed by atoms with E-state index in [1.807, 2.05) is 0 Å². The van der Waals surface area contributed by atoms with Crippen molar-refractivity contribution < 1.29 is 14.3 Å². The van der Waals surface area contributed by atoms with Gasteiger partial charge in [-0.05, 0) is 48.3 Å². The summed E-state index contributed by atoms with van der Waals surface area (Å²) in [6, 6.07) is 3.51. The summed E-state index contributed by atoms with van der Waals surface area (Å²) >= 11 is 3.30. The van der Waals surface area contributed by atoms with Crippen LogP contribution in [0, 0.1) is 5.92 Å². The van der Waals surface area contributed by atoms with Crippen LogP contribution in [0.1, 0.15) is 26.7 Å². The molecule has 0 bridgehead atoms. The minimum absolute atomic E-state index is 0.161. The summed E-state index contributed by atoms with van der Waals surface area (Å²) < 4.78 is 5.71. The SMILES string of the molecule is CCOC(=O)CCC1C(=O)N(c2ccc(Br)cn2)N=C1C. The zero-order valence-electron chi connectivity index (χ0n) is 11.9. The number of hydrogen-bond donors (Lipinski definition) is 0. The molecule has 1 aliphatic heterocycles. The lowest BCUT2D eigenvalue weighted by Crippen LogP contribution is -2.28. The van der Waals surface area contributed by atoms with Gasteiger partial charge in [0.2, 0.25) is 0 Å². The van der Waals surface area contributed by atoms with Crippen molar-refractivity contribution in [3.8, 4) is 0 Å². The Labute approximate surface area is 131 Å². The summed E-state index contributed by atoms with van der Waals surface area (Å²) in [5, 5.41) is 5.53. The molecule has 112 valence electrons. The number of hydrazone groups is 1. The van der Waals surface area contributed by atoms with E-state index in [4.69, 9.17) is 4.74 Å². The highest BCUT2D eigenvalue weighted by Gasteiger charge is 2.35. The molecule has 0 radical (unpaired) electrons. The molecule has 6 nitrogen and oxygen atoms in total. The lowest BCUT2D eigenvalue weighted by atomic mass is 9.98. The molecule has 0 saturated carbocycles. The Morgan fingerprint density at radius 1 is 1.48 bits per heavy atom. The first-order valence-corrected chi connectivity index (χ1v) is 7.48. The van der Waals surface area contributed by atoms with Crippen molar-refractivity contribution in [2.24, 2.45) is 11.0 Å². The number of esters is 1. The molecule has 1 aromatic rings. The third-order valence-corrected chi connectivity index (χ3v) is 3.61. The quantitative estimate of drug-likeness (QED) is 0.762. The Balaban J connectivity index is 2.04. The standard InChI is InChI=1S/C14H16BrN3O3/c1-3-21-13(19)7-5-11-9(2)17-18(14(11)20)12-6-4-10(15)8-16-12/h4,6,8,11H,3,5,7H2,1-2H3. The number of amides is 1. The Hall–Kier alpha value is -1.76. The molecule has 1 unspecified atom stereocenters. The number of aromatic nitrogens is 1. The van der Waals surface area contributed by atoms with Crippen molar-refractivity contribution >= 4 is 39.3 Å². The number of carbonyl (C=O) groups is 2. The fourth-order valence-corrected chi connectivity index (χ4v) is 2.32. The molecule has 2 rings (SSSR count). The van der Waals surface area contributed by atoms with Crippen molar-refractivity contribution in [2.45, 2.75) is 26.7 Å². The molecule has 0 fully saturated rings. The van der Waals surface area contributed by atoms with E-state index in [0.29, 0.717) is 24.6 Å². The number of ether oxygens (including phenoxy) is 1. The van der Waals surface area contributed by atoms with E-state index in [1.54, 1.807) is 32.2 Å². The van der Waals surface area contributed by atoms with Crippen LogP contribution in [0.2, 0.25) is 0 Å². The topological polar surface area (TPSA) is 71.9 Å². The van der Waals surface area contributed by atoms with Gasteiger partial charge < -0.3 is 4.74 Å².